The predicted molar refractivity (Wildman–Crippen MR) is 80.8 cm³/mol. The van der Waals surface area contributed by atoms with Gasteiger partial charge in [-0.2, -0.15) is 0 Å². The molecule has 0 atom stereocenters. The number of aromatic nitrogens is 3. The molecule has 0 fully saturated rings. The van der Waals surface area contributed by atoms with Gasteiger partial charge >= 0.3 is 0 Å². The van der Waals surface area contributed by atoms with Gasteiger partial charge < -0.3 is 10.6 Å². The summed E-state index contributed by atoms with van der Waals surface area (Å²) in [6.07, 6.45) is 4.60. The number of carbonyl (C=O) groups is 1. The first kappa shape index (κ1) is 14.4. The Kier molecular flexibility index (Phi) is 4.62. The quantitative estimate of drug-likeness (QED) is 0.897. The van der Waals surface area contributed by atoms with Crippen LogP contribution in [0.15, 0.2) is 29.1 Å². The number of nitrogens with zero attached hydrogens (tertiary/aromatic N) is 3. The van der Waals surface area contributed by atoms with Gasteiger partial charge in [0.05, 0.1) is 12.4 Å². The second kappa shape index (κ2) is 6.42. The van der Waals surface area contributed by atoms with Gasteiger partial charge in [0.1, 0.15) is 17.3 Å². The average molecular weight is 336 g/mol. The SMILES string of the molecule is CCNc1cnc(C(=O)Nc2cc(C)c(Br)cn2)cn1. The number of anilines is 2. The number of aryl methyl sites for hydroxylation is 1. The molecule has 2 aromatic rings. The second-order valence-electron chi connectivity index (χ2n) is 4.09. The molecule has 7 heteroatoms. The van der Waals surface area contributed by atoms with Crippen molar-refractivity contribution in [2.24, 2.45) is 0 Å². The highest BCUT2D eigenvalue weighted by molar-refractivity contribution is 9.10. The zero-order valence-corrected chi connectivity index (χ0v) is 12.7. The van der Waals surface area contributed by atoms with Gasteiger partial charge in [0.15, 0.2) is 0 Å². The molecular formula is C13H14BrN5O. The fourth-order valence-electron chi connectivity index (χ4n) is 1.51. The third kappa shape index (κ3) is 3.51. The van der Waals surface area contributed by atoms with E-state index in [1.165, 1.54) is 12.4 Å². The minimum absolute atomic E-state index is 0.244. The van der Waals surface area contributed by atoms with Gasteiger partial charge in [-0.1, -0.05) is 0 Å². The molecule has 0 aliphatic rings. The lowest BCUT2D eigenvalue weighted by Gasteiger charge is -2.06. The number of rotatable bonds is 4. The highest BCUT2D eigenvalue weighted by Gasteiger charge is 2.09. The van der Waals surface area contributed by atoms with Gasteiger partial charge in [-0.05, 0) is 41.4 Å². The van der Waals surface area contributed by atoms with Crippen molar-refractivity contribution in [2.45, 2.75) is 13.8 Å². The average Bonchev–Trinajstić information content (AvgIpc) is 2.44. The number of amides is 1. The van der Waals surface area contributed by atoms with Crippen molar-refractivity contribution >= 4 is 33.5 Å². The summed E-state index contributed by atoms with van der Waals surface area (Å²) < 4.78 is 0.894. The zero-order valence-electron chi connectivity index (χ0n) is 11.1. The molecule has 2 N–H and O–H groups in total. The molecule has 20 heavy (non-hydrogen) atoms. The van der Waals surface area contributed by atoms with Crippen molar-refractivity contribution in [1.82, 2.24) is 15.0 Å². The van der Waals surface area contributed by atoms with Gasteiger partial charge in [0.25, 0.3) is 5.91 Å². The van der Waals surface area contributed by atoms with Crippen LogP contribution in [0.25, 0.3) is 0 Å². The minimum atomic E-state index is -0.338. The van der Waals surface area contributed by atoms with Crippen molar-refractivity contribution in [3.05, 3.63) is 40.4 Å². The van der Waals surface area contributed by atoms with Gasteiger partial charge in [-0.15, -0.1) is 0 Å². The molecule has 0 spiro atoms. The number of halogens is 1. The predicted octanol–water partition coefficient (Wildman–Crippen LogP) is 2.63. The number of pyridine rings is 1. The van der Waals surface area contributed by atoms with E-state index in [9.17, 15) is 4.79 Å². The molecule has 2 rings (SSSR count). The Labute approximate surface area is 125 Å². The zero-order chi connectivity index (χ0) is 14.5. The Morgan fingerprint density at radius 2 is 1.95 bits per heavy atom. The first-order valence-corrected chi connectivity index (χ1v) is 6.89. The fourth-order valence-corrected chi connectivity index (χ4v) is 1.72. The van der Waals surface area contributed by atoms with Crippen LogP contribution in [0.1, 0.15) is 23.0 Å². The maximum atomic E-state index is 12.0. The smallest absolute Gasteiger partial charge is 0.277 e. The molecule has 0 aliphatic carbocycles. The summed E-state index contributed by atoms with van der Waals surface area (Å²) in [5.74, 6) is 0.782. The lowest BCUT2D eigenvalue weighted by Crippen LogP contribution is -2.15. The van der Waals surface area contributed by atoms with Gasteiger partial charge in [0, 0.05) is 17.2 Å². The molecule has 0 unspecified atom stereocenters. The molecule has 1 amide bonds. The van der Waals surface area contributed by atoms with Crippen LogP contribution < -0.4 is 10.6 Å². The van der Waals surface area contributed by atoms with Crippen molar-refractivity contribution in [2.75, 3.05) is 17.2 Å². The molecule has 0 radical (unpaired) electrons. The molecule has 0 saturated carbocycles. The highest BCUT2D eigenvalue weighted by atomic mass is 79.9. The van der Waals surface area contributed by atoms with Crippen LogP contribution >= 0.6 is 15.9 Å². The van der Waals surface area contributed by atoms with E-state index in [0.717, 1.165) is 16.6 Å². The third-order valence-electron chi connectivity index (χ3n) is 2.53. The number of hydrogen-bond acceptors (Lipinski definition) is 5. The molecule has 2 aromatic heterocycles. The van der Waals surface area contributed by atoms with E-state index in [1.807, 2.05) is 13.8 Å². The molecule has 0 aromatic carbocycles. The highest BCUT2D eigenvalue weighted by Crippen LogP contribution is 2.17. The molecule has 6 nitrogen and oxygen atoms in total. The topological polar surface area (TPSA) is 79.8 Å². The standard InChI is InChI=1S/C13H14BrN5O/c1-3-15-12-7-16-10(6-18-12)13(20)19-11-4-8(2)9(14)5-17-11/h4-7H,3H2,1-2H3,(H,15,18)(H,17,19,20). The van der Waals surface area contributed by atoms with E-state index in [0.29, 0.717) is 11.6 Å². The second-order valence-corrected chi connectivity index (χ2v) is 4.94. The number of hydrogen-bond donors (Lipinski definition) is 2. The normalized spacial score (nSPS) is 10.2. The molecule has 0 saturated heterocycles. The number of nitrogens with one attached hydrogen (secondary N) is 2. The lowest BCUT2D eigenvalue weighted by molar-refractivity contribution is 0.102. The Morgan fingerprint density at radius 1 is 1.20 bits per heavy atom. The summed E-state index contributed by atoms with van der Waals surface area (Å²) in [5.41, 5.74) is 1.23. The van der Waals surface area contributed by atoms with Crippen molar-refractivity contribution in [3.63, 3.8) is 0 Å². The van der Waals surface area contributed by atoms with Crippen LogP contribution in [0.2, 0.25) is 0 Å². The van der Waals surface area contributed by atoms with Crippen LogP contribution in [0, 0.1) is 6.92 Å². The van der Waals surface area contributed by atoms with Gasteiger partial charge in [-0.25, -0.2) is 15.0 Å². The molecule has 104 valence electrons. The third-order valence-corrected chi connectivity index (χ3v) is 3.36. The largest absolute Gasteiger partial charge is 0.369 e. The monoisotopic (exact) mass is 335 g/mol. The Bertz CT molecular complexity index is 615. The molecule has 0 aliphatic heterocycles. The molecular weight excluding hydrogens is 322 g/mol. The summed E-state index contributed by atoms with van der Waals surface area (Å²) in [5, 5.41) is 5.70. The van der Waals surface area contributed by atoms with E-state index in [2.05, 4.69) is 41.5 Å². The summed E-state index contributed by atoms with van der Waals surface area (Å²) in [7, 11) is 0. The van der Waals surface area contributed by atoms with Crippen LogP contribution in [-0.4, -0.2) is 27.4 Å². The van der Waals surface area contributed by atoms with E-state index in [1.54, 1.807) is 12.3 Å². The first-order chi connectivity index (χ1) is 9.60. The van der Waals surface area contributed by atoms with Gasteiger partial charge in [0.2, 0.25) is 0 Å². The fraction of sp³-hybridized carbons (Fsp3) is 0.231. The minimum Gasteiger partial charge on any atom is -0.369 e. The summed E-state index contributed by atoms with van der Waals surface area (Å²) >= 11 is 3.36. The van der Waals surface area contributed by atoms with Crippen molar-refractivity contribution < 1.29 is 4.79 Å². The maximum absolute atomic E-state index is 12.0. The maximum Gasteiger partial charge on any atom is 0.277 e. The van der Waals surface area contributed by atoms with E-state index in [4.69, 9.17) is 0 Å². The van der Waals surface area contributed by atoms with Crippen molar-refractivity contribution in [1.29, 1.82) is 0 Å². The van der Waals surface area contributed by atoms with Crippen LogP contribution in [0.4, 0.5) is 11.6 Å². The van der Waals surface area contributed by atoms with E-state index in [-0.39, 0.29) is 11.6 Å². The van der Waals surface area contributed by atoms with Crippen molar-refractivity contribution in [3.8, 4) is 0 Å². The lowest BCUT2D eigenvalue weighted by atomic mass is 10.3. The van der Waals surface area contributed by atoms with Crippen LogP contribution in [-0.2, 0) is 0 Å². The van der Waals surface area contributed by atoms with Crippen LogP contribution in [0.5, 0.6) is 0 Å². The Balaban J connectivity index is 2.09. The summed E-state index contributed by atoms with van der Waals surface area (Å²) in [4.78, 5) is 24.3. The van der Waals surface area contributed by atoms with E-state index >= 15 is 0 Å². The summed E-state index contributed by atoms with van der Waals surface area (Å²) in [6, 6.07) is 1.78. The van der Waals surface area contributed by atoms with Crippen LogP contribution in [0.3, 0.4) is 0 Å². The first-order valence-electron chi connectivity index (χ1n) is 6.09. The molecule has 2 heterocycles. The Morgan fingerprint density at radius 3 is 2.55 bits per heavy atom. The van der Waals surface area contributed by atoms with Gasteiger partial charge in [-0.3, -0.25) is 4.79 Å². The summed E-state index contributed by atoms with van der Waals surface area (Å²) in [6.45, 7) is 4.64. The molecule has 0 bridgehead atoms. The number of carbonyl (C=O) groups excluding carboxylic acids is 1. The van der Waals surface area contributed by atoms with E-state index < -0.39 is 0 Å². The Hall–Kier alpha value is -2.02.